The summed E-state index contributed by atoms with van der Waals surface area (Å²) in [5, 5.41) is 10.1. The number of rotatable bonds is 3. The van der Waals surface area contributed by atoms with Gasteiger partial charge in [0.2, 0.25) is 5.91 Å². The molecule has 14 heavy (non-hydrogen) atoms. The molecule has 0 radical (unpaired) electrons. The number of carbonyl (C=O) groups is 1. The Balaban J connectivity index is 1.77. The number of thiophene rings is 1. The maximum absolute atomic E-state index is 11.6. The molecule has 1 fully saturated rings. The molecule has 0 spiro atoms. The predicted molar refractivity (Wildman–Crippen MR) is 60.4 cm³/mol. The maximum Gasteiger partial charge on any atom is 0.238 e. The molecule has 0 aliphatic carbocycles. The number of amides is 1. The highest BCUT2D eigenvalue weighted by Crippen LogP contribution is 2.10. The van der Waals surface area contributed by atoms with Crippen molar-refractivity contribution in [1.82, 2.24) is 10.6 Å². The summed E-state index contributed by atoms with van der Waals surface area (Å²) in [4.78, 5) is 11.6. The molecular weight excluding hydrogens is 216 g/mol. The zero-order valence-electron chi connectivity index (χ0n) is 7.66. The molecule has 0 bridgehead atoms. The maximum atomic E-state index is 11.6. The van der Waals surface area contributed by atoms with Crippen molar-refractivity contribution in [3.05, 3.63) is 22.4 Å². The van der Waals surface area contributed by atoms with Crippen LogP contribution in [0.3, 0.4) is 0 Å². The molecule has 5 heteroatoms. The van der Waals surface area contributed by atoms with E-state index in [1.807, 2.05) is 11.4 Å². The molecule has 0 unspecified atom stereocenters. The number of thioether (sulfide) groups is 1. The summed E-state index contributed by atoms with van der Waals surface area (Å²) in [5.41, 5.74) is 1.18. The van der Waals surface area contributed by atoms with Crippen LogP contribution in [-0.2, 0) is 11.3 Å². The van der Waals surface area contributed by atoms with Crippen molar-refractivity contribution in [2.45, 2.75) is 12.6 Å². The van der Waals surface area contributed by atoms with E-state index >= 15 is 0 Å². The van der Waals surface area contributed by atoms with Crippen LogP contribution in [0.25, 0.3) is 0 Å². The molecular formula is C9H12N2OS2. The second-order valence-electron chi connectivity index (χ2n) is 3.12. The molecule has 1 aliphatic rings. The first-order valence-electron chi connectivity index (χ1n) is 4.46. The Morgan fingerprint density at radius 2 is 2.64 bits per heavy atom. The Labute approximate surface area is 91.3 Å². The van der Waals surface area contributed by atoms with E-state index in [1.165, 1.54) is 5.56 Å². The first-order valence-corrected chi connectivity index (χ1v) is 6.56. The van der Waals surface area contributed by atoms with Crippen molar-refractivity contribution < 1.29 is 4.79 Å². The van der Waals surface area contributed by atoms with E-state index in [0.717, 1.165) is 11.6 Å². The molecule has 2 rings (SSSR count). The van der Waals surface area contributed by atoms with Crippen LogP contribution in [0.1, 0.15) is 5.56 Å². The van der Waals surface area contributed by atoms with Gasteiger partial charge in [-0.3, -0.25) is 10.1 Å². The third-order valence-electron chi connectivity index (χ3n) is 2.08. The summed E-state index contributed by atoms with van der Waals surface area (Å²) >= 11 is 3.42. The Hall–Kier alpha value is -0.520. The number of carbonyl (C=O) groups excluding carboxylic acids is 1. The van der Waals surface area contributed by atoms with E-state index in [2.05, 4.69) is 16.0 Å². The van der Waals surface area contributed by atoms with Gasteiger partial charge in [0.15, 0.2) is 0 Å². The lowest BCUT2D eigenvalue weighted by molar-refractivity contribution is -0.122. The fourth-order valence-electron chi connectivity index (χ4n) is 1.27. The molecule has 1 atom stereocenters. The molecule has 1 aromatic rings. The van der Waals surface area contributed by atoms with Gasteiger partial charge >= 0.3 is 0 Å². The Morgan fingerprint density at radius 3 is 3.29 bits per heavy atom. The highest BCUT2D eigenvalue weighted by molar-refractivity contribution is 7.99. The first kappa shape index (κ1) is 10.0. The number of hydrogen-bond donors (Lipinski definition) is 2. The molecule has 1 aliphatic heterocycles. The topological polar surface area (TPSA) is 41.1 Å². The van der Waals surface area contributed by atoms with Crippen LogP contribution in [-0.4, -0.2) is 23.6 Å². The van der Waals surface area contributed by atoms with Gasteiger partial charge in [0.25, 0.3) is 0 Å². The summed E-state index contributed by atoms with van der Waals surface area (Å²) in [5.74, 6) is 1.88. The Bertz CT molecular complexity index is 294. The van der Waals surface area contributed by atoms with Crippen LogP contribution in [0.4, 0.5) is 0 Å². The van der Waals surface area contributed by atoms with E-state index in [4.69, 9.17) is 0 Å². The molecule has 2 N–H and O–H groups in total. The highest BCUT2D eigenvalue weighted by atomic mass is 32.2. The molecule has 1 aromatic heterocycles. The van der Waals surface area contributed by atoms with Gasteiger partial charge in [-0.25, -0.2) is 0 Å². The molecule has 2 heterocycles. The lowest BCUT2D eigenvalue weighted by Gasteiger charge is -2.09. The lowest BCUT2D eigenvalue weighted by atomic mass is 10.3. The molecule has 1 amide bonds. The zero-order chi connectivity index (χ0) is 9.80. The van der Waals surface area contributed by atoms with E-state index < -0.39 is 0 Å². The monoisotopic (exact) mass is 228 g/mol. The van der Waals surface area contributed by atoms with Crippen LogP contribution in [0.15, 0.2) is 16.8 Å². The minimum absolute atomic E-state index is 0.00126. The van der Waals surface area contributed by atoms with Crippen LogP contribution >= 0.6 is 23.1 Å². The first-order chi connectivity index (χ1) is 6.86. The van der Waals surface area contributed by atoms with E-state index in [0.29, 0.717) is 6.54 Å². The van der Waals surface area contributed by atoms with Crippen LogP contribution < -0.4 is 10.6 Å². The molecule has 76 valence electrons. The van der Waals surface area contributed by atoms with Gasteiger partial charge in [0.05, 0.1) is 6.04 Å². The summed E-state index contributed by atoms with van der Waals surface area (Å²) in [7, 11) is 0. The average molecular weight is 228 g/mol. The van der Waals surface area contributed by atoms with Crippen LogP contribution in [0.5, 0.6) is 0 Å². The van der Waals surface area contributed by atoms with Gasteiger partial charge in [-0.2, -0.15) is 11.3 Å². The van der Waals surface area contributed by atoms with Crippen molar-refractivity contribution in [2.24, 2.45) is 0 Å². The van der Waals surface area contributed by atoms with Gasteiger partial charge in [-0.05, 0) is 22.4 Å². The fraction of sp³-hybridized carbons (Fsp3) is 0.444. The summed E-state index contributed by atoms with van der Waals surface area (Å²) < 4.78 is 0. The number of hydrogen-bond acceptors (Lipinski definition) is 4. The SMILES string of the molecule is O=C(NCc1ccsc1)[C@H]1CSCN1. The summed E-state index contributed by atoms with van der Waals surface area (Å²) in [6.07, 6.45) is 0. The number of nitrogens with one attached hydrogen (secondary N) is 2. The largest absolute Gasteiger partial charge is 0.351 e. The quantitative estimate of drug-likeness (QED) is 0.812. The lowest BCUT2D eigenvalue weighted by Crippen LogP contribution is -2.41. The standard InChI is InChI=1S/C9H12N2OS2/c12-9(8-5-14-6-11-8)10-3-7-1-2-13-4-7/h1-2,4,8,11H,3,5-6H2,(H,10,12)/t8-/m1/s1. The second kappa shape index (κ2) is 4.82. The molecule has 1 saturated heterocycles. The van der Waals surface area contributed by atoms with Crippen LogP contribution in [0.2, 0.25) is 0 Å². The third-order valence-corrected chi connectivity index (χ3v) is 3.75. The van der Waals surface area contributed by atoms with Gasteiger partial charge in [0, 0.05) is 18.2 Å². The van der Waals surface area contributed by atoms with E-state index in [9.17, 15) is 4.79 Å². The highest BCUT2D eigenvalue weighted by Gasteiger charge is 2.21. The van der Waals surface area contributed by atoms with E-state index in [1.54, 1.807) is 23.1 Å². The van der Waals surface area contributed by atoms with E-state index in [-0.39, 0.29) is 11.9 Å². The summed E-state index contributed by atoms with van der Waals surface area (Å²) in [6, 6.07) is 2.03. The van der Waals surface area contributed by atoms with Crippen molar-refractivity contribution in [2.75, 3.05) is 11.6 Å². The minimum Gasteiger partial charge on any atom is -0.351 e. The molecule has 0 aromatic carbocycles. The minimum atomic E-state index is -0.00126. The van der Waals surface area contributed by atoms with Gasteiger partial charge in [-0.15, -0.1) is 11.8 Å². The van der Waals surface area contributed by atoms with Crippen molar-refractivity contribution >= 4 is 29.0 Å². The predicted octanol–water partition coefficient (Wildman–Crippen LogP) is 1.03. The fourth-order valence-corrected chi connectivity index (χ4v) is 2.88. The summed E-state index contributed by atoms with van der Waals surface area (Å²) in [6.45, 7) is 0.644. The molecule has 3 nitrogen and oxygen atoms in total. The van der Waals surface area contributed by atoms with Crippen molar-refractivity contribution in [3.8, 4) is 0 Å². The van der Waals surface area contributed by atoms with Crippen molar-refractivity contribution in [3.63, 3.8) is 0 Å². The normalized spacial score (nSPS) is 21.0. The third kappa shape index (κ3) is 2.50. The Morgan fingerprint density at radius 1 is 1.71 bits per heavy atom. The van der Waals surface area contributed by atoms with Gasteiger partial charge in [-0.1, -0.05) is 0 Å². The second-order valence-corrected chi connectivity index (χ2v) is 4.93. The smallest absolute Gasteiger partial charge is 0.238 e. The Kier molecular flexibility index (Phi) is 3.44. The average Bonchev–Trinajstić information content (AvgIpc) is 2.87. The molecule has 0 saturated carbocycles. The van der Waals surface area contributed by atoms with Gasteiger partial charge in [0.1, 0.15) is 0 Å². The van der Waals surface area contributed by atoms with Gasteiger partial charge < -0.3 is 5.32 Å². The van der Waals surface area contributed by atoms with Crippen molar-refractivity contribution in [1.29, 1.82) is 0 Å². The van der Waals surface area contributed by atoms with Crippen LogP contribution in [0, 0.1) is 0 Å². The zero-order valence-corrected chi connectivity index (χ0v) is 9.29.